The smallest absolute Gasteiger partial charge is 0.253 e. The fourth-order valence-electron chi connectivity index (χ4n) is 3.09. The lowest BCUT2D eigenvalue weighted by molar-refractivity contribution is 0.0827. The normalized spacial score (nSPS) is 11.3. The summed E-state index contributed by atoms with van der Waals surface area (Å²) in [5.41, 5.74) is 1.77. The van der Waals surface area contributed by atoms with Gasteiger partial charge in [-0.1, -0.05) is 37.7 Å². The van der Waals surface area contributed by atoms with Crippen LogP contribution in [0, 0.1) is 5.92 Å². The van der Waals surface area contributed by atoms with E-state index in [2.05, 4.69) is 44.2 Å². The minimum absolute atomic E-state index is 0. The number of hydrogen-bond acceptors (Lipinski definition) is 5. The fraction of sp³-hybridized carbons (Fsp3) is 0.545. The summed E-state index contributed by atoms with van der Waals surface area (Å²) in [6.07, 6.45) is 3.84. The average Bonchev–Trinajstić information content (AvgIpc) is 3.13. The van der Waals surface area contributed by atoms with Gasteiger partial charge in [0.25, 0.3) is 5.91 Å². The molecule has 0 spiro atoms. The van der Waals surface area contributed by atoms with Crippen molar-refractivity contribution < 1.29 is 4.79 Å². The summed E-state index contributed by atoms with van der Waals surface area (Å²) in [7, 11) is 5.27. The van der Waals surface area contributed by atoms with Crippen LogP contribution >= 0.6 is 35.7 Å². The summed E-state index contributed by atoms with van der Waals surface area (Å²) in [6.45, 7) is 6.78. The molecule has 0 aliphatic rings. The molecule has 178 valence electrons. The molecule has 0 unspecified atom stereocenters. The van der Waals surface area contributed by atoms with Gasteiger partial charge in [-0.15, -0.1) is 34.2 Å². The third kappa shape index (κ3) is 8.61. The number of aliphatic imine (C=N–C) groups is 1. The summed E-state index contributed by atoms with van der Waals surface area (Å²) < 4.78 is 2.23. The second-order valence-electron chi connectivity index (χ2n) is 7.96. The number of thioether (sulfide) groups is 1. The van der Waals surface area contributed by atoms with Crippen LogP contribution in [-0.4, -0.2) is 65.5 Å². The molecule has 2 N–H and O–H groups in total. The summed E-state index contributed by atoms with van der Waals surface area (Å²) in [6, 6.07) is 7.63. The molecule has 1 amide bonds. The number of amides is 1. The van der Waals surface area contributed by atoms with Gasteiger partial charge in [0.15, 0.2) is 11.1 Å². The van der Waals surface area contributed by atoms with Gasteiger partial charge in [0.05, 0.1) is 0 Å². The Morgan fingerprint density at radius 2 is 1.88 bits per heavy atom. The molecule has 32 heavy (non-hydrogen) atoms. The van der Waals surface area contributed by atoms with Gasteiger partial charge in [-0.25, -0.2) is 0 Å². The Morgan fingerprint density at radius 1 is 1.19 bits per heavy atom. The Bertz CT molecular complexity index is 866. The van der Waals surface area contributed by atoms with Crippen LogP contribution in [0.4, 0.5) is 0 Å². The van der Waals surface area contributed by atoms with Gasteiger partial charge < -0.3 is 20.1 Å². The van der Waals surface area contributed by atoms with E-state index in [0.29, 0.717) is 18.0 Å². The molecule has 0 fully saturated rings. The number of carbonyl (C=O) groups is 1. The molecule has 0 bridgehead atoms. The van der Waals surface area contributed by atoms with Crippen molar-refractivity contribution in [1.29, 1.82) is 0 Å². The van der Waals surface area contributed by atoms with Gasteiger partial charge in [-0.05, 0) is 36.3 Å². The number of aryl methyl sites for hydroxylation is 1. The quantitative estimate of drug-likeness (QED) is 0.149. The second-order valence-corrected chi connectivity index (χ2v) is 8.73. The van der Waals surface area contributed by atoms with Gasteiger partial charge in [0, 0.05) is 52.8 Å². The molecule has 0 saturated heterocycles. The van der Waals surface area contributed by atoms with E-state index in [9.17, 15) is 4.79 Å². The lowest BCUT2D eigenvalue weighted by Crippen LogP contribution is -2.37. The van der Waals surface area contributed by atoms with Gasteiger partial charge in [0.1, 0.15) is 5.82 Å². The number of nitrogens with one attached hydrogen (secondary N) is 2. The highest BCUT2D eigenvalue weighted by Gasteiger charge is 2.12. The molecule has 0 radical (unpaired) electrons. The number of nitrogens with zero attached hydrogens (tertiary/aromatic N) is 5. The second kappa shape index (κ2) is 14.4. The van der Waals surface area contributed by atoms with E-state index in [1.807, 2.05) is 30.5 Å². The first-order valence-corrected chi connectivity index (χ1v) is 11.8. The molecule has 8 nitrogen and oxygen atoms in total. The van der Waals surface area contributed by atoms with Crippen LogP contribution < -0.4 is 10.6 Å². The Morgan fingerprint density at radius 3 is 2.44 bits per heavy atom. The average molecular weight is 574 g/mol. The molecular formula is C22H36IN7OS. The monoisotopic (exact) mass is 573 g/mol. The number of hydrogen-bond donors (Lipinski definition) is 2. The number of benzene rings is 1. The van der Waals surface area contributed by atoms with Crippen molar-refractivity contribution in [3.05, 3.63) is 41.2 Å². The molecule has 1 aromatic heterocycles. The number of guanidine groups is 1. The lowest BCUT2D eigenvalue weighted by atomic mass is 10.1. The van der Waals surface area contributed by atoms with Crippen LogP contribution in [0.2, 0.25) is 0 Å². The largest absolute Gasteiger partial charge is 0.356 e. The molecule has 1 heterocycles. The van der Waals surface area contributed by atoms with Crippen molar-refractivity contribution in [1.82, 2.24) is 30.3 Å². The highest BCUT2D eigenvalue weighted by Crippen LogP contribution is 2.16. The molecule has 2 rings (SSSR count). The topological polar surface area (TPSA) is 87.4 Å². The van der Waals surface area contributed by atoms with E-state index >= 15 is 0 Å². The van der Waals surface area contributed by atoms with Crippen LogP contribution in [-0.2, 0) is 19.5 Å². The zero-order valence-corrected chi connectivity index (χ0v) is 23.0. The van der Waals surface area contributed by atoms with E-state index in [0.717, 1.165) is 48.4 Å². The highest BCUT2D eigenvalue weighted by molar-refractivity contribution is 14.0. The lowest BCUT2D eigenvalue weighted by Gasteiger charge is -2.14. The summed E-state index contributed by atoms with van der Waals surface area (Å²) in [4.78, 5) is 17.8. The summed E-state index contributed by atoms with van der Waals surface area (Å²) in [5.74, 6) is 2.35. The van der Waals surface area contributed by atoms with E-state index in [1.165, 1.54) is 0 Å². The Labute approximate surface area is 213 Å². The van der Waals surface area contributed by atoms with Gasteiger partial charge in [-0.2, -0.15) is 0 Å². The van der Waals surface area contributed by atoms with Crippen molar-refractivity contribution in [3.8, 4) is 0 Å². The number of aromatic nitrogens is 3. The molecule has 2 aromatic rings. The van der Waals surface area contributed by atoms with Crippen LogP contribution in [0.25, 0.3) is 0 Å². The summed E-state index contributed by atoms with van der Waals surface area (Å²) >= 11 is 1.64. The number of halogens is 1. The molecule has 1 aromatic carbocycles. The van der Waals surface area contributed by atoms with Gasteiger partial charge in [0.2, 0.25) is 0 Å². The third-order valence-corrected chi connectivity index (χ3v) is 5.35. The SMILES string of the molecule is CN=C(NCCCc1nnc(SC)n1CC(C)C)NCc1ccc(C(=O)N(C)C)cc1.I. The van der Waals surface area contributed by atoms with E-state index in [-0.39, 0.29) is 29.9 Å². The zero-order valence-electron chi connectivity index (χ0n) is 19.9. The standard InChI is InChI=1S/C22H35N7OS.HI/c1-16(2)15-29-19(26-27-22(29)31-6)8-7-13-24-21(23-3)25-14-17-9-11-18(12-10-17)20(30)28(4)5;/h9-12,16H,7-8,13-15H2,1-6H3,(H2,23,24,25);1H. The first-order chi connectivity index (χ1) is 14.8. The highest BCUT2D eigenvalue weighted by atomic mass is 127. The number of carbonyl (C=O) groups excluding carboxylic acids is 1. The molecule has 0 saturated carbocycles. The van der Waals surface area contributed by atoms with Crippen LogP contribution in [0.3, 0.4) is 0 Å². The zero-order chi connectivity index (χ0) is 22.8. The minimum atomic E-state index is 0. The van der Waals surface area contributed by atoms with Crippen molar-refractivity contribution >= 4 is 47.6 Å². The van der Waals surface area contributed by atoms with Crippen molar-refractivity contribution in [3.63, 3.8) is 0 Å². The predicted molar refractivity (Wildman–Crippen MR) is 143 cm³/mol. The van der Waals surface area contributed by atoms with E-state index in [4.69, 9.17) is 0 Å². The Kier molecular flexibility index (Phi) is 12.7. The maximum absolute atomic E-state index is 12.0. The first kappa shape index (κ1) is 28.2. The van der Waals surface area contributed by atoms with Gasteiger partial charge >= 0.3 is 0 Å². The van der Waals surface area contributed by atoms with Crippen molar-refractivity contribution in [2.45, 2.75) is 44.9 Å². The van der Waals surface area contributed by atoms with Crippen molar-refractivity contribution in [2.75, 3.05) is 33.9 Å². The van der Waals surface area contributed by atoms with Crippen LogP contribution in [0.15, 0.2) is 34.4 Å². The maximum Gasteiger partial charge on any atom is 0.253 e. The fourth-order valence-corrected chi connectivity index (χ4v) is 3.61. The molecule has 0 aliphatic carbocycles. The molecular weight excluding hydrogens is 537 g/mol. The van der Waals surface area contributed by atoms with Crippen LogP contribution in [0.1, 0.15) is 42.0 Å². The maximum atomic E-state index is 12.0. The Balaban J connectivity index is 0.00000512. The Hall–Kier alpha value is -1.82. The summed E-state index contributed by atoms with van der Waals surface area (Å²) in [5, 5.41) is 16.3. The minimum Gasteiger partial charge on any atom is -0.356 e. The molecule has 0 aliphatic heterocycles. The van der Waals surface area contributed by atoms with Crippen molar-refractivity contribution in [2.24, 2.45) is 10.9 Å². The van der Waals surface area contributed by atoms with Crippen LogP contribution in [0.5, 0.6) is 0 Å². The third-order valence-electron chi connectivity index (χ3n) is 4.68. The first-order valence-electron chi connectivity index (χ1n) is 10.6. The van der Waals surface area contributed by atoms with Gasteiger partial charge in [-0.3, -0.25) is 9.79 Å². The predicted octanol–water partition coefficient (Wildman–Crippen LogP) is 3.27. The molecule has 10 heteroatoms. The molecule has 0 atom stereocenters. The number of rotatable bonds is 10. The van der Waals surface area contributed by atoms with E-state index < -0.39 is 0 Å². The van der Waals surface area contributed by atoms with E-state index in [1.54, 1.807) is 37.8 Å².